The van der Waals surface area contributed by atoms with E-state index in [2.05, 4.69) is 10.3 Å². The zero-order chi connectivity index (χ0) is 11.3. The summed E-state index contributed by atoms with van der Waals surface area (Å²) in [5, 5.41) is 5.75. The number of nitrogens with one attached hydrogen (secondary N) is 1. The molecule has 1 amide bonds. The molecule has 0 radical (unpaired) electrons. The molecule has 0 fully saturated rings. The van der Waals surface area contributed by atoms with E-state index in [1.165, 1.54) is 0 Å². The van der Waals surface area contributed by atoms with Crippen LogP contribution in [0.15, 0.2) is 11.6 Å². The Kier molecular flexibility index (Phi) is 10.8. The minimum atomic E-state index is -0.418. The standard InChI is InChI=1S/C10H17N3OS.2ClH/c1-3-7(11)9(14)13-8(4-2)10-12-5-6-15-10;;/h5-8H,3-4,11H2,1-2H3,(H,13,14);2*1H/t7-,8?;;/m0../s1. The van der Waals surface area contributed by atoms with Crippen molar-refractivity contribution in [3.8, 4) is 0 Å². The minimum absolute atomic E-state index is 0. The van der Waals surface area contributed by atoms with E-state index in [0.717, 1.165) is 11.4 Å². The van der Waals surface area contributed by atoms with E-state index in [-0.39, 0.29) is 36.8 Å². The first kappa shape index (κ1) is 19.0. The number of halogens is 2. The van der Waals surface area contributed by atoms with Gasteiger partial charge in [-0.3, -0.25) is 4.79 Å². The molecule has 0 saturated carbocycles. The van der Waals surface area contributed by atoms with Gasteiger partial charge in [0, 0.05) is 11.6 Å². The van der Waals surface area contributed by atoms with Crippen LogP contribution in [-0.4, -0.2) is 16.9 Å². The van der Waals surface area contributed by atoms with Crippen molar-refractivity contribution >= 4 is 42.1 Å². The molecule has 1 heterocycles. The van der Waals surface area contributed by atoms with Crippen molar-refractivity contribution in [2.45, 2.75) is 38.8 Å². The fourth-order valence-corrected chi connectivity index (χ4v) is 1.98. The van der Waals surface area contributed by atoms with Gasteiger partial charge in [0.25, 0.3) is 0 Å². The highest BCUT2D eigenvalue weighted by Crippen LogP contribution is 2.18. The van der Waals surface area contributed by atoms with Crippen molar-refractivity contribution in [3.63, 3.8) is 0 Å². The molecule has 0 saturated heterocycles. The number of rotatable bonds is 5. The molecule has 0 bridgehead atoms. The van der Waals surface area contributed by atoms with Crippen LogP contribution in [0.25, 0.3) is 0 Å². The molecule has 2 atom stereocenters. The van der Waals surface area contributed by atoms with Crippen molar-refractivity contribution < 1.29 is 4.79 Å². The zero-order valence-electron chi connectivity index (χ0n) is 9.88. The topological polar surface area (TPSA) is 68.0 Å². The Balaban J connectivity index is 0. The molecule has 1 aromatic rings. The van der Waals surface area contributed by atoms with Crippen LogP contribution >= 0.6 is 36.2 Å². The van der Waals surface area contributed by atoms with Gasteiger partial charge in [-0.1, -0.05) is 13.8 Å². The predicted molar refractivity (Wildman–Crippen MR) is 76.1 cm³/mol. The quantitative estimate of drug-likeness (QED) is 0.876. The number of hydrogen-bond donors (Lipinski definition) is 2. The Morgan fingerprint density at radius 3 is 2.53 bits per heavy atom. The van der Waals surface area contributed by atoms with Gasteiger partial charge in [-0.15, -0.1) is 36.2 Å². The molecule has 3 N–H and O–H groups in total. The minimum Gasteiger partial charge on any atom is -0.346 e. The summed E-state index contributed by atoms with van der Waals surface area (Å²) in [4.78, 5) is 15.8. The third-order valence-corrected chi connectivity index (χ3v) is 3.14. The molecule has 0 aliphatic heterocycles. The number of aromatic nitrogens is 1. The lowest BCUT2D eigenvalue weighted by Crippen LogP contribution is -2.41. The number of thiazole rings is 1. The van der Waals surface area contributed by atoms with E-state index in [4.69, 9.17) is 5.73 Å². The van der Waals surface area contributed by atoms with Gasteiger partial charge in [0.05, 0.1) is 12.1 Å². The predicted octanol–water partition coefficient (Wildman–Crippen LogP) is 2.29. The highest BCUT2D eigenvalue weighted by molar-refractivity contribution is 7.09. The maximum absolute atomic E-state index is 11.6. The lowest BCUT2D eigenvalue weighted by atomic mass is 10.2. The summed E-state index contributed by atoms with van der Waals surface area (Å²) in [6.45, 7) is 3.92. The van der Waals surface area contributed by atoms with Gasteiger partial charge in [0.1, 0.15) is 5.01 Å². The molecule has 0 spiro atoms. The van der Waals surface area contributed by atoms with Crippen molar-refractivity contribution in [2.24, 2.45) is 5.73 Å². The Morgan fingerprint density at radius 1 is 1.47 bits per heavy atom. The first-order chi connectivity index (χ1) is 7.19. The molecule has 1 aromatic heterocycles. The van der Waals surface area contributed by atoms with E-state index < -0.39 is 6.04 Å². The third-order valence-electron chi connectivity index (χ3n) is 2.25. The average molecular weight is 300 g/mol. The van der Waals surface area contributed by atoms with Crippen LogP contribution in [0.1, 0.15) is 37.7 Å². The van der Waals surface area contributed by atoms with Gasteiger partial charge in [0.15, 0.2) is 0 Å². The summed E-state index contributed by atoms with van der Waals surface area (Å²) in [7, 11) is 0. The molecule has 0 aromatic carbocycles. The Labute approximate surface area is 118 Å². The Bertz CT molecular complexity index is 309. The highest BCUT2D eigenvalue weighted by atomic mass is 35.5. The van der Waals surface area contributed by atoms with Gasteiger partial charge >= 0.3 is 0 Å². The fourth-order valence-electron chi connectivity index (χ4n) is 1.21. The first-order valence-electron chi connectivity index (χ1n) is 5.14. The van der Waals surface area contributed by atoms with Gasteiger partial charge < -0.3 is 11.1 Å². The average Bonchev–Trinajstić information content (AvgIpc) is 2.77. The molecular formula is C10H19Cl2N3OS. The molecule has 0 aliphatic rings. The normalized spacial score (nSPS) is 12.9. The number of amides is 1. The summed E-state index contributed by atoms with van der Waals surface area (Å²) in [5.41, 5.74) is 5.64. The van der Waals surface area contributed by atoms with Gasteiger partial charge in [-0.25, -0.2) is 4.98 Å². The Hall–Kier alpha value is -0.360. The zero-order valence-corrected chi connectivity index (χ0v) is 12.3. The van der Waals surface area contributed by atoms with Crippen LogP contribution in [0.5, 0.6) is 0 Å². The largest absolute Gasteiger partial charge is 0.346 e. The van der Waals surface area contributed by atoms with Crippen LogP contribution in [-0.2, 0) is 4.79 Å². The van der Waals surface area contributed by atoms with Crippen LogP contribution in [0.4, 0.5) is 0 Å². The molecule has 100 valence electrons. The maximum Gasteiger partial charge on any atom is 0.237 e. The summed E-state index contributed by atoms with van der Waals surface area (Å²) in [5.74, 6) is -0.0976. The SMILES string of the molecule is CCC(NC(=O)[C@@H](N)CC)c1nccs1.Cl.Cl. The lowest BCUT2D eigenvalue weighted by Gasteiger charge is -2.17. The second-order valence-corrected chi connectivity index (χ2v) is 4.28. The highest BCUT2D eigenvalue weighted by Gasteiger charge is 2.18. The van der Waals surface area contributed by atoms with E-state index >= 15 is 0 Å². The number of nitrogens with two attached hydrogens (primary N) is 1. The smallest absolute Gasteiger partial charge is 0.237 e. The third kappa shape index (κ3) is 5.68. The molecule has 17 heavy (non-hydrogen) atoms. The van der Waals surface area contributed by atoms with Crippen LogP contribution in [0.2, 0.25) is 0 Å². The molecule has 1 unspecified atom stereocenters. The van der Waals surface area contributed by atoms with Crippen molar-refractivity contribution in [2.75, 3.05) is 0 Å². The number of carbonyl (C=O) groups excluding carboxylic acids is 1. The number of nitrogens with zero attached hydrogens (tertiary/aromatic N) is 1. The number of hydrogen-bond acceptors (Lipinski definition) is 4. The van der Waals surface area contributed by atoms with E-state index in [9.17, 15) is 4.79 Å². The second-order valence-electron chi connectivity index (χ2n) is 3.35. The molecule has 0 aliphatic carbocycles. The second kappa shape index (κ2) is 9.65. The van der Waals surface area contributed by atoms with Crippen molar-refractivity contribution in [1.82, 2.24) is 10.3 Å². The van der Waals surface area contributed by atoms with E-state index in [0.29, 0.717) is 6.42 Å². The molecule has 7 heteroatoms. The van der Waals surface area contributed by atoms with Gasteiger partial charge in [-0.05, 0) is 12.8 Å². The lowest BCUT2D eigenvalue weighted by molar-refractivity contribution is -0.123. The van der Waals surface area contributed by atoms with Gasteiger partial charge in [-0.2, -0.15) is 0 Å². The van der Waals surface area contributed by atoms with Crippen LogP contribution in [0, 0.1) is 0 Å². The summed E-state index contributed by atoms with van der Waals surface area (Å²) < 4.78 is 0. The summed E-state index contributed by atoms with van der Waals surface area (Å²) in [6.07, 6.45) is 3.23. The monoisotopic (exact) mass is 299 g/mol. The Morgan fingerprint density at radius 2 is 2.12 bits per heavy atom. The summed E-state index contributed by atoms with van der Waals surface area (Å²) in [6, 6.07) is -0.422. The fraction of sp³-hybridized carbons (Fsp3) is 0.600. The summed E-state index contributed by atoms with van der Waals surface area (Å²) >= 11 is 1.55. The van der Waals surface area contributed by atoms with E-state index in [1.54, 1.807) is 17.5 Å². The first-order valence-corrected chi connectivity index (χ1v) is 6.02. The molecule has 4 nitrogen and oxygen atoms in total. The number of carbonyl (C=O) groups is 1. The van der Waals surface area contributed by atoms with E-state index in [1.807, 2.05) is 19.2 Å². The molecular weight excluding hydrogens is 281 g/mol. The van der Waals surface area contributed by atoms with Crippen LogP contribution in [0.3, 0.4) is 0 Å². The van der Waals surface area contributed by atoms with Gasteiger partial charge in [0.2, 0.25) is 5.91 Å². The maximum atomic E-state index is 11.6. The van der Waals surface area contributed by atoms with Crippen molar-refractivity contribution in [1.29, 1.82) is 0 Å². The van der Waals surface area contributed by atoms with Crippen molar-refractivity contribution in [3.05, 3.63) is 16.6 Å². The van der Waals surface area contributed by atoms with Crippen LogP contribution < -0.4 is 11.1 Å². The molecule has 1 rings (SSSR count).